The molecule has 0 spiro atoms. The third kappa shape index (κ3) is 4.53. The normalized spacial score (nSPS) is 16.0. The number of likely N-dealkylation sites (tertiary alicyclic amines) is 1. The molecule has 21 heavy (non-hydrogen) atoms. The van der Waals surface area contributed by atoms with E-state index in [1.165, 1.54) is 18.2 Å². The Morgan fingerprint density at radius 3 is 2.67 bits per heavy atom. The third-order valence-corrected chi connectivity index (χ3v) is 3.47. The maximum absolute atomic E-state index is 13.1. The Balaban J connectivity index is 1.81. The van der Waals surface area contributed by atoms with Gasteiger partial charge >= 0.3 is 5.97 Å². The molecule has 5 nitrogen and oxygen atoms in total. The third-order valence-electron chi connectivity index (χ3n) is 3.47. The summed E-state index contributed by atoms with van der Waals surface area (Å²) < 4.78 is 18.6. The molecule has 114 valence electrons. The number of nitrogens with zero attached hydrogens (tertiary/aromatic N) is 1. The number of halogens is 1. The van der Waals surface area contributed by atoms with Crippen LogP contribution in [0, 0.1) is 5.82 Å². The molecule has 1 fully saturated rings. The van der Waals surface area contributed by atoms with E-state index in [2.05, 4.69) is 0 Å². The zero-order valence-corrected chi connectivity index (χ0v) is 11.6. The average Bonchev–Trinajstić information content (AvgIpc) is 2.47. The molecule has 0 bridgehead atoms. The predicted molar refractivity (Wildman–Crippen MR) is 73.5 cm³/mol. The maximum Gasteiger partial charge on any atom is 0.305 e. The van der Waals surface area contributed by atoms with Crippen molar-refractivity contribution in [2.75, 3.05) is 19.7 Å². The molecule has 1 aromatic rings. The quantitative estimate of drug-likeness (QED) is 0.901. The molecule has 1 aromatic carbocycles. The number of carboxylic acids is 1. The lowest BCUT2D eigenvalue weighted by molar-refractivity contribution is -0.138. The highest BCUT2D eigenvalue weighted by atomic mass is 19.1. The number of carboxylic acid groups (broad SMARTS) is 1. The predicted octanol–water partition coefficient (Wildman–Crippen LogP) is 1.92. The van der Waals surface area contributed by atoms with Gasteiger partial charge in [0.1, 0.15) is 5.82 Å². The highest BCUT2D eigenvalue weighted by Gasteiger charge is 2.24. The fourth-order valence-electron chi connectivity index (χ4n) is 2.34. The highest BCUT2D eigenvalue weighted by molar-refractivity contribution is 5.94. The molecule has 0 aliphatic carbocycles. The fraction of sp³-hybridized carbons (Fsp3) is 0.467. The summed E-state index contributed by atoms with van der Waals surface area (Å²) in [6.45, 7) is 1.26. The molecule has 2 rings (SSSR count). The lowest BCUT2D eigenvalue weighted by Crippen LogP contribution is -2.41. The molecule has 6 heteroatoms. The largest absolute Gasteiger partial charge is 0.481 e. The second-order valence-corrected chi connectivity index (χ2v) is 5.02. The Bertz CT molecular complexity index is 512. The second-order valence-electron chi connectivity index (χ2n) is 5.02. The zero-order valence-electron chi connectivity index (χ0n) is 11.6. The monoisotopic (exact) mass is 295 g/mol. The molecule has 1 aliphatic heterocycles. The smallest absolute Gasteiger partial charge is 0.305 e. The van der Waals surface area contributed by atoms with Crippen LogP contribution in [0.3, 0.4) is 0 Å². The van der Waals surface area contributed by atoms with Gasteiger partial charge in [-0.15, -0.1) is 0 Å². The molecular formula is C15H18FNO4. The van der Waals surface area contributed by atoms with E-state index >= 15 is 0 Å². The van der Waals surface area contributed by atoms with Crippen LogP contribution in [0.2, 0.25) is 0 Å². The van der Waals surface area contributed by atoms with Crippen LogP contribution in [-0.4, -0.2) is 47.7 Å². The van der Waals surface area contributed by atoms with Crippen LogP contribution in [-0.2, 0) is 9.53 Å². The molecule has 0 unspecified atom stereocenters. The van der Waals surface area contributed by atoms with Crippen LogP contribution in [0.25, 0.3) is 0 Å². The summed E-state index contributed by atoms with van der Waals surface area (Å²) in [7, 11) is 0. The van der Waals surface area contributed by atoms with Crippen LogP contribution >= 0.6 is 0 Å². The van der Waals surface area contributed by atoms with Gasteiger partial charge in [-0.25, -0.2) is 4.39 Å². The average molecular weight is 295 g/mol. The molecule has 0 radical (unpaired) electrons. The van der Waals surface area contributed by atoms with E-state index in [-0.39, 0.29) is 25.0 Å². The Labute approximate surface area is 122 Å². The summed E-state index contributed by atoms with van der Waals surface area (Å²) >= 11 is 0. The molecule has 0 aromatic heterocycles. The molecule has 1 amide bonds. The topological polar surface area (TPSA) is 66.8 Å². The number of carbonyl (C=O) groups excluding carboxylic acids is 1. The molecular weight excluding hydrogens is 277 g/mol. The summed E-state index contributed by atoms with van der Waals surface area (Å²) in [6.07, 6.45) is 1.31. The minimum absolute atomic E-state index is 0.0115. The van der Waals surface area contributed by atoms with E-state index in [0.29, 0.717) is 31.5 Å². The number of hydrogen-bond donors (Lipinski definition) is 1. The van der Waals surface area contributed by atoms with Gasteiger partial charge in [-0.1, -0.05) is 6.07 Å². The van der Waals surface area contributed by atoms with Crippen molar-refractivity contribution in [2.45, 2.75) is 25.4 Å². The number of carbonyl (C=O) groups is 2. The lowest BCUT2D eigenvalue weighted by Gasteiger charge is -2.32. The van der Waals surface area contributed by atoms with Crippen LogP contribution in [0.4, 0.5) is 4.39 Å². The summed E-state index contributed by atoms with van der Waals surface area (Å²) in [5, 5.41) is 8.54. The highest BCUT2D eigenvalue weighted by Crippen LogP contribution is 2.17. The SMILES string of the molecule is O=C(O)CCOC1CCN(C(=O)c2cccc(F)c2)CC1. The first kappa shape index (κ1) is 15.4. The van der Waals surface area contributed by atoms with Gasteiger partial charge in [-0.2, -0.15) is 0 Å². The molecule has 1 aliphatic rings. The van der Waals surface area contributed by atoms with Crippen molar-refractivity contribution in [3.63, 3.8) is 0 Å². The van der Waals surface area contributed by atoms with Crippen LogP contribution < -0.4 is 0 Å². The van der Waals surface area contributed by atoms with Crippen LogP contribution in [0.5, 0.6) is 0 Å². The van der Waals surface area contributed by atoms with Gasteiger partial charge in [0.25, 0.3) is 5.91 Å². The number of aliphatic carboxylic acids is 1. The van der Waals surface area contributed by atoms with Gasteiger partial charge in [0.15, 0.2) is 0 Å². The van der Waals surface area contributed by atoms with Gasteiger partial charge in [0.2, 0.25) is 0 Å². The van der Waals surface area contributed by atoms with Crippen molar-refractivity contribution >= 4 is 11.9 Å². The van der Waals surface area contributed by atoms with Crippen molar-refractivity contribution < 1.29 is 23.8 Å². The summed E-state index contributed by atoms with van der Waals surface area (Å²) in [5.74, 6) is -1.49. The minimum Gasteiger partial charge on any atom is -0.481 e. The van der Waals surface area contributed by atoms with Gasteiger partial charge in [0.05, 0.1) is 19.1 Å². The van der Waals surface area contributed by atoms with Gasteiger partial charge < -0.3 is 14.7 Å². The second kappa shape index (κ2) is 7.17. The summed E-state index contributed by atoms with van der Waals surface area (Å²) in [5.41, 5.74) is 0.347. The van der Waals surface area contributed by atoms with Crippen molar-refractivity contribution in [3.8, 4) is 0 Å². The van der Waals surface area contributed by atoms with E-state index in [1.807, 2.05) is 0 Å². The molecule has 0 saturated carbocycles. The number of piperidine rings is 1. The van der Waals surface area contributed by atoms with E-state index in [4.69, 9.17) is 9.84 Å². The number of rotatable bonds is 5. The first-order chi connectivity index (χ1) is 10.1. The minimum atomic E-state index is -0.881. The van der Waals surface area contributed by atoms with Gasteiger partial charge in [0, 0.05) is 18.7 Å². The molecule has 1 heterocycles. The number of amides is 1. The number of ether oxygens (including phenoxy) is 1. The first-order valence-corrected chi connectivity index (χ1v) is 6.94. The number of hydrogen-bond acceptors (Lipinski definition) is 3. The summed E-state index contributed by atoms with van der Waals surface area (Å²) in [6, 6.07) is 5.66. The van der Waals surface area contributed by atoms with Crippen molar-refractivity contribution in [3.05, 3.63) is 35.6 Å². The van der Waals surface area contributed by atoms with E-state index in [9.17, 15) is 14.0 Å². The van der Waals surface area contributed by atoms with Gasteiger partial charge in [-0.05, 0) is 31.0 Å². The number of benzene rings is 1. The van der Waals surface area contributed by atoms with Crippen LogP contribution in [0.1, 0.15) is 29.6 Å². The standard InChI is InChI=1S/C15H18FNO4/c16-12-3-1-2-11(10-12)15(20)17-7-4-13(5-8-17)21-9-6-14(18)19/h1-3,10,13H,4-9H2,(H,18,19). The first-order valence-electron chi connectivity index (χ1n) is 6.94. The Morgan fingerprint density at radius 2 is 2.05 bits per heavy atom. The Morgan fingerprint density at radius 1 is 1.33 bits per heavy atom. The van der Waals surface area contributed by atoms with E-state index < -0.39 is 11.8 Å². The van der Waals surface area contributed by atoms with E-state index in [0.717, 1.165) is 0 Å². The van der Waals surface area contributed by atoms with Crippen molar-refractivity contribution in [1.82, 2.24) is 4.90 Å². The fourth-order valence-corrected chi connectivity index (χ4v) is 2.34. The van der Waals surface area contributed by atoms with Crippen molar-refractivity contribution in [2.24, 2.45) is 0 Å². The molecule has 1 saturated heterocycles. The molecule has 0 atom stereocenters. The van der Waals surface area contributed by atoms with E-state index in [1.54, 1.807) is 11.0 Å². The lowest BCUT2D eigenvalue weighted by atomic mass is 10.1. The zero-order chi connectivity index (χ0) is 15.2. The maximum atomic E-state index is 13.1. The molecule has 1 N–H and O–H groups in total. The van der Waals surface area contributed by atoms with Crippen LogP contribution in [0.15, 0.2) is 24.3 Å². The Hall–Kier alpha value is -1.95. The Kier molecular flexibility index (Phi) is 5.27. The van der Waals surface area contributed by atoms with Gasteiger partial charge in [-0.3, -0.25) is 9.59 Å². The summed E-state index contributed by atoms with van der Waals surface area (Å²) in [4.78, 5) is 24.3. The van der Waals surface area contributed by atoms with Crippen molar-refractivity contribution in [1.29, 1.82) is 0 Å².